The van der Waals surface area contributed by atoms with E-state index in [9.17, 15) is 19.0 Å². The van der Waals surface area contributed by atoms with E-state index in [1.54, 1.807) is 0 Å². The van der Waals surface area contributed by atoms with E-state index in [-0.39, 0.29) is 24.9 Å². The molecule has 3 atom stereocenters. The molecule has 10 heteroatoms. The number of rotatable bonds is 68. The third-order valence-electron chi connectivity index (χ3n) is 16.6. The fourth-order valence-corrected chi connectivity index (χ4v) is 11.6. The van der Waals surface area contributed by atoms with Crippen LogP contribution in [0.3, 0.4) is 0 Å². The average molecular weight is 1240 g/mol. The molecular formula is C77H143N2O7P. The molecular weight excluding hydrogens is 1100 g/mol. The number of unbranched alkanes of at least 4 members (excludes halogenated alkanes) is 42. The summed E-state index contributed by atoms with van der Waals surface area (Å²) in [5.74, 6) is -0.549. The Labute approximate surface area is 540 Å². The maximum atomic E-state index is 13.6. The van der Waals surface area contributed by atoms with Gasteiger partial charge in [-0.05, 0) is 102 Å². The summed E-state index contributed by atoms with van der Waals surface area (Å²) in [5, 5.41) is 3.04. The molecule has 0 aromatic heterocycles. The van der Waals surface area contributed by atoms with E-state index in [2.05, 4.69) is 86.8 Å². The van der Waals surface area contributed by atoms with E-state index < -0.39 is 26.6 Å². The second-order valence-corrected chi connectivity index (χ2v) is 27.9. The van der Waals surface area contributed by atoms with E-state index >= 15 is 0 Å². The second-order valence-electron chi connectivity index (χ2n) is 26.4. The molecule has 0 saturated heterocycles. The van der Waals surface area contributed by atoms with Crippen LogP contribution in [0.1, 0.15) is 355 Å². The molecule has 0 aromatic carbocycles. The van der Waals surface area contributed by atoms with Crippen LogP contribution in [0.4, 0.5) is 0 Å². The molecule has 0 heterocycles. The Morgan fingerprint density at radius 1 is 0.402 bits per heavy atom. The van der Waals surface area contributed by atoms with Gasteiger partial charge in [0.2, 0.25) is 5.91 Å². The molecule has 3 unspecified atom stereocenters. The number of likely N-dealkylation sites (N-methyl/N-ethyl adjacent to an activating group) is 1. The Morgan fingerprint density at radius 2 is 0.701 bits per heavy atom. The lowest BCUT2D eigenvalue weighted by molar-refractivity contribution is -0.870. The predicted molar refractivity (Wildman–Crippen MR) is 376 cm³/mol. The van der Waals surface area contributed by atoms with Gasteiger partial charge in [-0.15, -0.1) is 0 Å². The van der Waals surface area contributed by atoms with Gasteiger partial charge in [-0.2, -0.15) is 0 Å². The highest BCUT2D eigenvalue weighted by atomic mass is 31.2. The third kappa shape index (κ3) is 67.7. The van der Waals surface area contributed by atoms with Gasteiger partial charge in [0.15, 0.2) is 0 Å². The van der Waals surface area contributed by atoms with Crippen LogP contribution < -0.4 is 10.2 Å². The van der Waals surface area contributed by atoms with Gasteiger partial charge in [-0.3, -0.25) is 14.2 Å². The molecule has 0 bridgehead atoms. The summed E-state index contributed by atoms with van der Waals surface area (Å²) >= 11 is 0. The number of allylic oxidation sites excluding steroid dienone is 11. The normalized spacial score (nSPS) is 13.9. The summed E-state index contributed by atoms with van der Waals surface area (Å²) < 4.78 is 30.5. The van der Waals surface area contributed by atoms with E-state index in [1.807, 2.05) is 33.3 Å². The summed E-state index contributed by atoms with van der Waals surface area (Å²) in [7, 11) is 1.18. The quantitative estimate of drug-likeness (QED) is 0.0212. The molecule has 0 fully saturated rings. The van der Waals surface area contributed by atoms with Crippen LogP contribution in [-0.2, 0) is 27.9 Å². The minimum Gasteiger partial charge on any atom is -0.756 e. The fourth-order valence-electron chi connectivity index (χ4n) is 10.9. The van der Waals surface area contributed by atoms with Crippen molar-refractivity contribution in [2.45, 2.75) is 367 Å². The molecule has 0 aliphatic carbocycles. The van der Waals surface area contributed by atoms with Crippen molar-refractivity contribution in [2.75, 3.05) is 40.9 Å². The van der Waals surface area contributed by atoms with Crippen molar-refractivity contribution in [1.82, 2.24) is 5.32 Å². The second kappa shape index (κ2) is 66.4. The van der Waals surface area contributed by atoms with Crippen LogP contribution in [0, 0.1) is 0 Å². The fraction of sp³-hybridized carbons (Fsp3) is 0.818. The first-order valence-corrected chi connectivity index (χ1v) is 38.7. The minimum atomic E-state index is -4.71. The highest BCUT2D eigenvalue weighted by Gasteiger charge is 2.27. The highest BCUT2D eigenvalue weighted by molar-refractivity contribution is 7.45. The molecule has 0 rings (SSSR count). The maximum Gasteiger partial charge on any atom is 0.306 e. The van der Waals surface area contributed by atoms with Crippen LogP contribution in [-0.4, -0.2) is 69.4 Å². The molecule has 1 amide bonds. The van der Waals surface area contributed by atoms with Gasteiger partial charge in [0.05, 0.1) is 33.8 Å². The Bertz CT molecular complexity index is 1720. The zero-order chi connectivity index (χ0) is 63.5. The average Bonchev–Trinajstić information content (AvgIpc) is 3.69. The van der Waals surface area contributed by atoms with Crippen LogP contribution in [0.2, 0.25) is 0 Å². The molecule has 0 saturated carbocycles. The largest absolute Gasteiger partial charge is 0.756 e. The first-order chi connectivity index (χ1) is 42.4. The number of nitrogens with zero attached hydrogens (tertiary/aromatic N) is 1. The third-order valence-corrected chi connectivity index (χ3v) is 17.6. The van der Waals surface area contributed by atoms with Crippen molar-refractivity contribution in [3.8, 4) is 0 Å². The topological polar surface area (TPSA) is 114 Å². The zero-order valence-electron chi connectivity index (χ0n) is 58.2. The number of phosphoric ester groups is 1. The van der Waals surface area contributed by atoms with Gasteiger partial charge in [-0.25, -0.2) is 0 Å². The van der Waals surface area contributed by atoms with E-state index in [0.717, 1.165) is 96.3 Å². The zero-order valence-corrected chi connectivity index (χ0v) is 59.1. The number of ether oxygens (including phenoxy) is 1. The molecule has 87 heavy (non-hydrogen) atoms. The first-order valence-electron chi connectivity index (χ1n) is 37.2. The summed E-state index contributed by atoms with van der Waals surface area (Å²) in [6.07, 6.45) is 87.5. The number of quaternary nitrogens is 1. The Kier molecular flexibility index (Phi) is 64.4. The molecule has 508 valence electrons. The van der Waals surface area contributed by atoms with Crippen molar-refractivity contribution in [2.24, 2.45) is 0 Å². The molecule has 0 aromatic rings. The Morgan fingerprint density at radius 3 is 1.08 bits per heavy atom. The molecule has 0 radical (unpaired) electrons. The lowest BCUT2D eigenvalue weighted by atomic mass is 10.0. The first kappa shape index (κ1) is 84.5. The van der Waals surface area contributed by atoms with Gasteiger partial charge in [0, 0.05) is 12.8 Å². The molecule has 0 spiro atoms. The van der Waals surface area contributed by atoms with E-state index in [0.29, 0.717) is 17.4 Å². The van der Waals surface area contributed by atoms with Gasteiger partial charge in [0.25, 0.3) is 7.82 Å². The van der Waals surface area contributed by atoms with E-state index in [4.69, 9.17) is 13.8 Å². The smallest absolute Gasteiger partial charge is 0.306 e. The van der Waals surface area contributed by atoms with Crippen LogP contribution in [0.5, 0.6) is 0 Å². The maximum absolute atomic E-state index is 13.6. The number of hydrogen-bond acceptors (Lipinski definition) is 7. The molecule has 0 aliphatic heterocycles. The lowest BCUT2D eigenvalue weighted by Gasteiger charge is -2.30. The Balaban J connectivity index is 5.05. The van der Waals surface area contributed by atoms with Crippen LogP contribution in [0.15, 0.2) is 72.9 Å². The van der Waals surface area contributed by atoms with Crippen molar-refractivity contribution in [3.63, 3.8) is 0 Å². The lowest BCUT2D eigenvalue weighted by Crippen LogP contribution is -2.47. The predicted octanol–water partition coefficient (Wildman–Crippen LogP) is 23.3. The molecule has 9 nitrogen and oxygen atoms in total. The summed E-state index contributed by atoms with van der Waals surface area (Å²) in [4.78, 5) is 40.2. The number of esters is 1. The van der Waals surface area contributed by atoms with E-state index in [1.165, 1.54) is 225 Å². The number of phosphoric acid groups is 1. The number of amides is 1. The minimum absolute atomic E-state index is 0.0272. The van der Waals surface area contributed by atoms with Crippen LogP contribution in [0.25, 0.3) is 0 Å². The van der Waals surface area contributed by atoms with Gasteiger partial charge >= 0.3 is 5.97 Å². The van der Waals surface area contributed by atoms with Crippen molar-refractivity contribution in [1.29, 1.82) is 0 Å². The number of carbonyl (C=O) groups excluding carboxylic acids is 2. The summed E-state index contributed by atoms with van der Waals surface area (Å²) in [6, 6.07) is -0.901. The van der Waals surface area contributed by atoms with Crippen molar-refractivity contribution in [3.05, 3.63) is 72.9 Å². The summed E-state index contributed by atoms with van der Waals surface area (Å²) in [6.45, 7) is 6.84. The Hall–Kier alpha value is -2.55. The van der Waals surface area contributed by atoms with Gasteiger partial charge in [-0.1, -0.05) is 312 Å². The number of hydrogen-bond donors (Lipinski definition) is 1. The number of carbonyl (C=O) groups is 2. The SMILES string of the molecule is CCCCC/C=C\C/C=C\C/C=C\C/C=C\CCCCCCCC(=O)NC(COP(=O)([O-])OCC[N+](C)(C)C)C(/C=C\CCCCCCCCCCCCC)OC(=O)CCCCCCCCCCCCCCCCCCC/C=C/CCCCCCCC. The van der Waals surface area contributed by atoms with Crippen molar-refractivity contribution < 1.29 is 37.3 Å². The van der Waals surface area contributed by atoms with Crippen LogP contribution >= 0.6 is 7.82 Å². The monoisotopic (exact) mass is 1240 g/mol. The number of nitrogens with one attached hydrogen (secondary N) is 1. The van der Waals surface area contributed by atoms with Gasteiger partial charge in [0.1, 0.15) is 19.3 Å². The van der Waals surface area contributed by atoms with Gasteiger partial charge < -0.3 is 28.5 Å². The highest BCUT2D eigenvalue weighted by Crippen LogP contribution is 2.38. The van der Waals surface area contributed by atoms with Crippen molar-refractivity contribution >= 4 is 19.7 Å². The molecule has 1 N–H and O–H groups in total. The summed E-state index contributed by atoms with van der Waals surface area (Å²) in [5.41, 5.74) is 0. The standard InChI is InChI=1S/C77H143N2O7P/c1-7-10-13-16-19-22-25-28-30-32-34-36-37-38-39-40-41-43-45-47-49-52-55-58-61-64-67-70-77(81)86-75(68-65-62-59-56-53-50-27-24-21-18-15-12-9-3)74(73-85-87(82,83)84-72-71-79(4,5)6)78-76(80)69-66-63-60-57-54-51-48-46-44-42-35-33-31-29-26-23-20-17-14-11-8-2/h20,23,28-31,35,42,46,48,65,68,74-75H,7-19,21-22,24-27,32-34,36-41,43-45,47,49-64,66-67,69-73H2,1-6H3,(H-,78,80,82,83)/b23-20-,30-28+,31-29-,42-35-,48-46-,68-65-. The molecule has 0 aliphatic rings.